The number of amides is 1. The number of ether oxygens (including phenoxy) is 2. The minimum absolute atomic E-state index is 0.229. The number of methoxy groups -OCH3 is 2. The fourth-order valence-corrected chi connectivity index (χ4v) is 2.80. The van der Waals surface area contributed by atoms with Crippen molar-refractivity contribution in [2.45, 2.75) is 13.5 Å². The first-order chi connectivity index (χ1) is 13.0. The summed E-state index contributed by atoms with van der Waals surface area (Å²) in [6.45, 7) is 2.00. The van der Waals surface area contributed by atoms with Gasteiger partial charge in [0.1, 0.15) is 5.76 Å². The van der Waals surface area contributed by atoms with Crippen molar-refractivity contribution in [3.05, 3.63) is 64.5 Å². The van der Waals surface area contributed by atoms with Crippen molar-refractivity contribution in [2.75, 3.05) is 14.2 Å². The molecule has 0 atom stereocenters. The molecule has 0 aliphatic carbocycles. The SMILES string of the molecule is COc1ccc(-c2nc(C(=O)NCc3ccccc3Cl)c(C)o2)cc1OC. The van der Waals surface area contributed by atoms with Gasteiger partial charge in [-0.1, -0.05) is 29.8 Å². The summed E-state index contributed by atoms with van der Waals surface area (Å²) in [6.07, 6.45) is 0. The number of aryl methyl sites for hydroxylation is 1. The molecule has 0 fully saturated rings. The van der Waals surface area contributed by atoms with Crippen molar-refractivity contribution in [3.63, 3.8) is 0 Å². The molecule has 7 heteroatoms. The Labute approximate surface area is 162 Å². The molecule has 0 aliphatic rings. The van der Waals surface area contributed by atoms with E-state index in [0.717, 1.165) is 5.56 Å². The fourth-order valence-electron chi connectivity index (χ4n) is 2.60. The number of halogens is 1. The molecule has 0 spiro atoms. The van der Waals surface area contributed by atoms with Gasteiger partial charge in [0.15, 0.2) is 17.2 Å². The normalized spacial score (nSPS) is 10.5. The number of carbonyl (C=O) groups excluding carboxylic acids is 1. The number of nitrogens with one attached hydrogen (secondary N) is 1. The minimum atomic E-state index is -0.331. The number of hydrogen-bond acceptors (Lipinski definition) is 5. The van der Waals surface area contributed by atoms with Crippen LogP contribution in [0.25, 0.3) is 11.5 Å². The maximum atomic E-state index is 12.5. The molecule has 0 saturated carbocycles. The number of aromatic nitrogens is 1. The predicted molar refractivity (Wildman–Crippen MR) is 102 cm³/mol. The van der Waals surface area contributed by atoms with E-state index in [-0.39, 0.29) is 11.6 Å². The molecule has 1 N–H and O–H groups in total. The lowest BCUT2D eigenvalue weighted by atomic mass is 10.2. The Hall–Kier alpha value is -2.99. The van der Waals surface area contributed by atoms with Gasteiger partial charge in [-0.2, -0.15) is 0 Å². The van der Waals surface area contributed by atoms with E-state index < -0.39 is 0 Å². The average Bonchev–Trinajstić information content (AvgIpc) is 3.08. The van der Waals surface area contributed by atoms with Crippen LogP contribution in [0.5, 0.6) is 11.5 Å². The van der Waals surface area contributed by atoms with Gasteiger partial charge in [0.05, 0.1) is 14.2 Å². The van der Waals surface area contributed by atoms with E-state index >= 15 is 0 Å². The molecule has 1 amide bonds. The summed E-state index contributed by atoms with van der Waals surface area (Å²) in [7, 11) is 3.12. The Morgan fingerprint density at radius 3 is 2.59 bits per heavy atom. The van der Waals surface area contributed by atoms with Gasteiger partial charge in [0, 0.05) is 17.1 Å². The smallest absolute Gasteiger partial charge is 0.273 e. The summed E-state index contributed by atoms with van der Waals surface area (Å²) in [5.41, 5.74) is 1.74. The van der Waals surface area contributed by atoms with Gasteiger partial charge >= 0.3 is 0 Å². The van der Waals surface area contributed by atoms with E-state index in [2.05, 4.69) is 10.3 Å². The van der Waals surface area contributed by atoms with Crippen LogP contribution in [0.1, 0.15) is 21.8 Å². The van der Waals surface area contributed by atoms with Crippen LogP contribution >= 0.6 is 11.6 Å². The first kappa shape index (κ1) is 18.8. The van der Waals surface area contributed by atoms with Gasteiger partial charge in [0.25, 0.3) is 5.91 Å². The van der Waals surface area contributed by atoms with Crippen molar-refractivity contribution in [1.82, 2.24) is 10.3 Å². The molecule has 2 aromatic carbocycles. The highest BCUT2D eigenvalue weighted by molar-refractivity contribution is 6.31. The molecular formula is C20H19ClN2O4. The van der Waals surface area contributed by atoms with Crippen LogP contribution in [-0.2, 0) is 6.54 Å². The van der Waals surface area contributed by atoms with Crippen molar-refractivity contribution in [3.8, 4) is 23.0 Å². The molecule has 0 bridgehead atoms. The lowest BCUT2D eigenvalue weighted by Gasteiger charge is -2.07. The molecule has 3 rings (SSSR count). The molecular weight excluding hydrogens is 368 g/mol. The highest BCUT2D eigenvalue weighted by Crippen LogP contribution is 2.32. The number of benzene rings is 2. The molecule has 140 valence electrons. The number of nitrogens with zero attached hydrogens (tertiary/aromatic N) is 1. The Morgan fingerprint density at radius 2 is 1.89 bits per heavy atom. The molecule has 27 heavy (non-hydrogen) atoms. The van der Waals surface area contributed by atoms with E-state index in [0.29, 0.717) is 40.3 Å². The quantitative estimate of drug-likeness (QED) is 0.685. The van der Waals surface area contributed by atoms with Gasteiger partial charge in [-0.15, -0.1) is 0 Å². The Balaban J connectivity index is 1.80. The molecule has 0 unspecified atom stereocenters. The lowest BCUT2D eigenvalue weighted by molar-refractivity contribution is 0.0945. The zero-order valence-corrected chi connectivity index (χ0v) is 16.0. The maximum absolute atomic E-state index is 12.5. The first-order valence-electron chi connectivity index (χ1n) is 8.25. The summed E-state index contributed by atoms with van der Waals surface area (Å²) < 4.78 is 16.2. The van der Waals surface area contributed by atoms with E-state index in [9.17, 15) is 4.79 Å². The highest BCUT2D eigenvalue weighted by Gasteiger charge is 2.19. The second-order valence-electron chi connectivity index (χ2n) is 5.77. The Bertz CT molecular complexity index is 968. The average molecular weight is 387 g/mol. The van der Waals surface area contributed by atoms with Crippen LogP contribution in [0.15, 0.2) is 46.9 Å². The monoisotopic (exact) mass is 386 g/mol. The van der Waals surface area contributed by atoms with Crippen molar-refractivity contribution in [2.24, 2.45) is 0 Å². The van der Waals surface area contributed by atoms with Gasteiger partial charge in [-0.25, -0.2) is 4.98 Å². The van der Waals surface area contributed by atoms with Crippen LogP contribution in [0.4, 0.5) is 0 Å². The van der Waals surface area contributed by atoms with Crippen LogP contribution < -0.4 is 14.8 Å². The Kier molecular flexibility index (Phi) is 5.66. The summed E-state index contributed by atoms with van der Waals surface area (Å²) >= 11 is 6.11. The summed E-state index contributed by atoms with van der Waals surface area (Å²) in [5, 5.41) is 3.41. The number of oxazole rings is 1. The number of carbonyl (C=O) groups is 1. The minimum Gasteiger partial charge on any atom is -0.493 e. The van der Waals surface area contributed by atoms with E-state index in [4.69, 9.17) is 25.5 Å². The third-order valence-electron chi connectivity index (χ3n) is 4.04. The zero-order valence-electron chi connectivity index (χ0n) is 15.2. The molecule has 0 radical (unpaired) electrons. The van der Waals surface area contributed by atoms with Crippen LogP contribution in [0.2, 0.25) is 5.02 Å². The van der Waals surface area contributed by atoms with E-state index in [1.165, 1.54) is 0 Å². The molecule has 3 aromatic rings. The van der Waals surface area contributed by atoms with Gasteiger partial charge in [-0.3, -0.25) is 4.79 Å². The number of rotatable bonds is 6. The van der Waals surface area contributed by atoms with Gasteiger partial charge < -0.3 is 19.2 Å². The second-order valence-corrected chi connectivity index (χ2v) is 6.17. The largest absolute Gasteiger partial charge is 0.493 e. The lowest BCUT2D eigenvalue weighted by Crippen LogP contribution is -2.24. The van der Waals surface area contributed by atoms with Crippen LogP contribution in [0, 0.1) is 6.92 Å². The topological polar surface area (TPSA) is 73.6 Å². The standard InChI is InChI=1S/C20H19ClN2O4/c1-12-18(19(24)22-11-14-6-4-5-7-15(14)21)23-20(27-12)13-8-9-16(25-2)17(10-13)26-3/h4-10H,11H2,1-3H3,(H,22,24). The third kappa shape index (κ3) is 4.06. The molecule has 0 saturated heterocycles. The van der Waals surface area contributed by atoms with Crippen molar-refractivity contribution in [1.29, 1.82) is 0 Å². The Morgan fingerprint density at radius 1 is 1.15 bits per heavy atom. The maximum Gasteiger partial charge on any atom is 0.273 e. The van der Waals surface area contributed by atoms with Crippen molar-refractivity contribution >= 4 is 17.5 Å². The first-order valence-corrected chi connectivity index (χ1v) is 8.62. The van der Waals surface area contributed by atoms with Crippen molar-refractivity contribution < 1.29 is 18.7 Å². The predicted octanol–water partition coefficient (Wildman–Crippen LogP) is 4.25. The van der Waals surface area contributed by atoms with Gasteiger partial charge in [0.2, 0.25) is 5.89 Å². The molecule has 1 heterocycles. The summed E-state index contributed by atoms with van der Waals surface area (Å²) in [5.74, 6) is 1.58. The van der Waals surface area contributed by atoms with Crippen LogP contribution in [-0.4, -0.2) is 25.1 Å². The molecule has 1 aromatic heterocycles. The molecule has 6 nitrogen and oxygen atoms in total. The van der Waals surface area contributed by atoms with Gasteiger partial charge in [-0.05, 0) is 36.8 Å². The number of hydrogen-bond donors (Lipinski definition) is 1. The second kappa shape index (κ2) is 8.14. The zero-order chi connectivity index (χ0) is 19.4. The fraction of sp³-hybridized carbons (Fsp3) is 0.200. The van der Waals surface area contributed by atoms with Crippen LogP contribution in [0.3, 0.4) is 0 Å². The highest BCUT2D eigenvalue weighted by atomic mass is 35.5. The summed E-state index contributed by atoms with van der Waals surface area (Å²) in [6, 6.07) is 12.6. The summed E-state index contributed by atoms with van der Waals surface area (Å²) in [4.78, 5) is 16.8. The molecule has 0 aliphatic heterocycles. The van der Waals surface area contributed by atoms with E-state index in [1.54, 1.807) is 45.4 Å². The van der Waals surface area contributed by atoms with E-state index in [1.807, 2.05) is 18.2 Å². The third-order valence-corrected chi connectivity index (χ3v) is 4.41.